The Morgan fingerprint density at radius 2 is 1.84 bits per heavy atom. The van der Waals surface area contributed by atoms with Gasteiger partial charge < -0.3 is 14.6 Å². The summed E-state index contributed by atoms with van der Waals surface area (Å²) in [7, 11) is 1.64. The molecule has 38 heavy (non-hydrogen) atoms. The molecule has 3 aromatic rings. The Bertz CT molecular complexity index is 1260. The number of carbonyl (C=O) groups is 1. The molecule has 202 valence electrons. The second kappa shape index (κ2) is 12.0. The second-order valence-electron chi connectivity index (χ2n) is 10.9. The standard InChI is InChI=1S/C32H40N2O4/c1-20(2)34(21(3)4)19-27-17-26(9-11-28(27)25-13-14-33-31(18-25)37-6)29-12-10-24-8-7-23(16-30(24)38-29)15-22(5)32(35)36/h7-9,11,13-14,16-18,20-22,29H,10,12,15,19H2,1-6H3,(H,35,36)/t22?,29-/m0/s1. The van der Waals surface area contributed by atoms with Crippen LogP contribution in [0, 0.1) is 5.92 Å². The fourth-order valence-electron chi connectivity index (χ4n) is 5.29. The molecule has 1 aliphatic rings. The molecular weight excluding hydrogens is 476 g/mol. The lowest BCUT2D eigenvalue weighted by Gasteiger charge is -2.32. The highest BCUT2D eigenvalue weighted by atomic mass is 16.5. The third-order valence-electron chi connectivity index (χ3n) is 7.48. The Morgan fingerprint density at radius 1 is 1.08 bits per heavy atom. The van der Waals surface area contributed by atoms with Crippen molar-refractivity contribution in [3.63, 3.8) is 0 Å². The quantitative estimate of drug-likeness (QED) is 0.323. The van der Waals surface area contributed by atoms with Gasteiger partial charge in [-0.2, -0.15) is 0 Å². The van der Waals surface area contributed by atoms with Gasteiger partial charge in [0.1, 0.15) is 11.9 Å². The highest BCUT2D eigenvalue weighted by Gasteiger charge is 2.24. The first-order chi connectivity index (χ1) is 18.2. The SMILES string of the molecule is COc1cc(-c2ccc([C@@H]3CCc4ccc(CC(C)C(=O)O)cc4O3)cc2CN(C(C)C)C(C)C)ccn1. The molecule has 1 aromatic heterocycles. The first-order valence-electron chi connectivity index (χ1n) is 13.6. The van der Waals surface area contributed by atoms with Gasteiger partial charge in [0.05, 0.1) is 13.0 Å². The molecular formula is C32H40N2O4. The minimum Gasteiger partial charge on any atom is -0.485 e. The van der Waals surface area contributed by atoms with E-state index in [1.165, 1.54) is 16.7 Å². The van der Waals surface area contributed by atoms with Crippen molar-refractivity contribution >= 4 is 5.97 Å². The maximum atomic E-state index is 11.3. The van der Waals surface area contributed by atoms with E-state index in [1.807, 2.05) is 24.3 Å². The van der Waals surface area contributed by atoms with Crippen LogP contribution in [0.2, 0.25) is 0 Å². The molecule has 0 aliphatic carbocycles. The lowest BCUT2D eigenvalue weighted by atomic mass is 9.91. The summed E-state index contributed by atoms with van der Waals surface area (Å²) in [4.78, 5) is 18.1. The number of hydrogen-bond acceptors (Lipinski definition) is 5. The average molecular weight is 517 g/mol. The summed E-state index contributed by atoms with van der Waals surface area (Å²) in [6.45, 7) is 11.5. The number of fused-ring (bicyclic) bond motifs is 1. The van der Waals surface area contributed by atoms with Gasteiger partial charge in [0, 0.05) is 30.9 Å². The molecule has 0 saturated heterocycles. The van der Waals surface area contributed by atoms with E-state index >= 15 is 0 Å². The van der Waals surface area contributed by atoms with E-state index in [1.54, 1.807) is 20.2 Å². The average Bonchev–Trinajstić information content (AvgIpc) is 2.90. The van der Waals surface area contributed by atoms with E-state index in [0.717, 1.165) is 41.8 Å². The number of carboxylic acid groups (broad SMARTS) is 1. The number of pyridine rings is 1. The number of ether oxygens (including phenoxy) is 2. The minimum atomic E-state index is -0.780. The summed E-state index contributed by atoms with van der Waals surface area (Å²) in [5.74, 6) is 0.256. The third kappa shape index (κ3) is 6.36. The van der Waals surface area contributed by atoms with Gasteiger partial charge in [-0.3, -0.25) is 9.69 Å². The molecule has 0 saturated carbocycles. The van der Waals surface area contributed by atoms with Gasteiger partial charge >= 0.3 is 5.97 Å². The van der Waals surface area contributed by atoms with E-state index in [-0.39, 0.29) is 6.10 Å². The number of carboxylic acids is 1. The van der Waals surface area contributed by atoms with Crippen LogP contribution in [-0.4, -0.2) is 40.2 Å². The van der Waals surface area contributed by atoms with E-state index in [4.69, 9.17) is 9.47 Å². The number of methoxy groups -OCH3 is 1. The summed E-state index contributed by atoms with van der Waals surface area (Å²) >= 11 is 0. The van der Waals surface area contributed by atoms with Gasteiger partial charge in [-0.25, -0.2) is 4.98 Å². The van der Waals surface area contributed by atoms with Crippen LogP contribution in [0.25, 0.3) is 11.1 Å². The molecule has 4 rings (SSSR count). The maximum absolute atomic E-state index is 11.3. The Balaban J connectivity index is 1.67. The summed E-state index contributed by atoms with van der Waals surface area (Å²) in [5, 5.41) is 9.32. The summed E-state index contributed by atoms with van der Waals surface area (Å²) in [6, 6.07) is 17.6. The molecule has 1 aliphatic heterocycles. The molecule has 0 fully saturated rings. The van der Waals surface area contributed by atoms with Gasteiger partial charge in [0.2, 0.25) is 5.88 Å². The highest BCUT2D eigenvalue weighted by molar-refractivity contribution is 5.70. The highest BCUT2D eigenvalue weighted by Crippen LogP contribution is 2.38. The first-order valence-corrected chi connectivity index (χ1v) is 13.6. The van der Waals surface area contributed by atoms with E-state index in [9.17, 15) is 9.90 Å². The van der Waals surface area contributed by atoms with Crippen molar-refractivity contribution in [1.29, 1.82) is 0 Å². The molecule has 6 heteroatoms. The molecule has 0 radical (unpaired) electrons. The summed E-state index contributed by atoms with van der Waals surface area (Å²) in [6.07, 6.45) is 4.06. The zero-order valence-electron chi connectivity index (χ0n) is 23.4. The van der Waals surface area contributed by atoms with E-state index in [2.05, 4.69) is 61.8 Å². The Labute approximate surface area is 226 Å². The van der Waals surface area contributed by atoms with Crippen LogP contribution in [0.5, 0.6) is 11.6 Å². The van der Waals surface area contributed by atoms with Crippen molar-refractivity contribution < 1.29 is 19.4 Å². The Hall–Kier alpha value is -3.38. The molecule has 2 heterocycles. The molecule has 1 N–H and O–H groups in total. The zero-order chi connectivity index (χ0) is 27.4. The fourth-order valence-corrected chi connectivity index (χ4v) is 5.29. The van der Waals surface area contributed by atoms with Gasteiger partial charge in [0.25, 0.3) is 0 Å². The van der Waals surface area contributed by atoms with Gasteiger partial charge in [-0.15, -0.1) is 0 Å². The lowest BCUT2D eigenvalue weighted by Crippen LogP contribution is -2.36. The van der Waals surface area contributed by atoms with Crippen LogP contribution in [0.1, 0.15) is 69.4 Å². The van der Waals surface area contributed by atoms with Crippen LogP contribution in [-0.2, 0) is 24.2 Å². The van der Waals surface area contributed by atoms with Crippen molar-refractivity contribution in [2.24, 2.45) is 5.92 Å². The normalized spacial score (nSPS) is 15.9. The molecule has 0 bridgehead atoms. The Kier molecular flexibility index (Phi) is 8.72. The lowest BCUT2D eigenvalue weighted by molar-refractivity contribution is -0.141. The number of aromatic nitrogens is 1. The van der Waals surface area contributed by atoms with E-state index in [0.29, 0.717) is 24.4 Å². The maximum Gasteiger partial charge on any atom is 0.306 e. The number of benzene rings is 2. The van der Waals surface area contributed by atoms with Crippen molar-refractivity contribution in [3.05, 3.63) is 77.0 Å². The number of hydrogen-bond donors (Lipinski definition) is 1. The summed E-state index contributed by atoms with van der Waals surface area (Å²) < 4.78 is 11.9. The van der Waals surface area contributed by atoms with Crippen LogP contribution in [0.4, 0.5) is 0 Å². The molecule has 0 amide bonds. The van der Waals surface area contributed by atoms with Gasteiger partial charge in [-0.1, -0.05) is 37.3 Å². The zero-order valence-corrected chi connectivity index (χ0v) is 23.4. The largest absolute Gasteiger partial charge is 0.485 e. The topological polar surface area (TPSA) is 71.9 Å². The van der Waals surface area contributed by atoms with Crippen LogP contribution in [0.3, 0.4) is 0 Å². The van der Waals surface area contributed by atoms with Crippen molar-refractivity contribution in [2.75, 3.05) is 7.11 Å². The second-order valence-corrected chi connectivity index (χ2v) is 10.9. The minimum absolute atomic E-state index is 0.0547. The number of rotatable bonds is 10. The predicted molar refractivity (Wildman–Crippen MR) is 151 cm³/mol. The monoisotopic (exact) mass is 516 g/mol. The molecule has 1 unspecified atom stereocenters. The van der Waals surface area contributed by atoms with Gasteiger partial charge in [-0.05, 0) is 92.5 Å². The van der Waals surface area contributed by atoms with Gasteiger partial charge in [0.15, 0.2) is 0 Å². The predicted octanol–water partition coefficient (Wildman–Crippen LogP) is 6.71. The smallest absolute Gasteiger partial charge is 0.306 e. The fraction of sp³-hybridized carbons (Fsp3) is 0.438. The third-order valence-corrected chi connectivity index (χ3v) is 7.48. The number of aliphatic carboxylic acids is 1. The van der Waals surface area contributed by atoms with E-state index < -0.39 is 11.9 Å². The molecule has 2 atom stereocenters. The van der Waals surface area contributed by atoms with Crippen LogP contribution >= 0.6 is 0 Å². The molecule has 0 spiro atoms. The van der Waals surface area contributed by atoms with Crippen LogP contribution < -0.4 is 9.47 Å². The molecule has 6 nitrogen and oxygen atoms in total. The van der Waals surface area contributed by atoms with Crippen LogP contribution in [0.15, 0.2) is 54.7 Å². The Morgan fingerprint density at radius 3 is 2.53 bits per heavy atom. The number of nitrogens with zero attached hydrogens (tertiary/aromatic N) is 2. The summed E-state index contributed by atoms with van der Waals surface area (Å²) in [5.41, 5.74) is 6.83. The molecule has 2 aromatic carbocycles. The van der Waals surface area contributed by atoms with Crippen molar-refractivity contribution in [1.82, 2.24) is 9.88 Å². The van der Waals surface area contributed by atoms with Crippen molar-refractivity contribution in [3.8, 4) is 22.8 Å². The van der Waals surface area contributed by atoms with Crippen molar-refractivity contribution in [2.45, 2.75) is 78.6 Å². The number of aryl methyl sites for hydroxylation is 1. The first kappa shape index (κ1) is 27.6.